The second-order valence-corrected chi connectivity index (χ2v) is 8.84. The Hall–Kier alpha value is -4.69. The van der Waals surface area contributed by atoms with Gasteiger partial charge in [0.1, 0.15) is 23.6 Å². The van der Waals surface area contributed by atoms with Crippen LogP contribution in [0.3, 0.4) is 0 Å². The highest BCUT2D eigenvalue weighted by Crippen LogP contribution is 2.33. The smallest absolute Gasteiger partial charge is 0.257 e. The molecule has 8 heteroatoms. The topological polar surface area (TPSA) is 96.6 Å². The number of nitrogens with one attached hydrogen (secondary N) is 2. The van der Waals surface area contributed by atoms with Crippen molar-refractivity contribution in [1.82, 2.24) is 10.3 Å². The number of oxazole rings is 1. The van der Waals surface area contributed by atoms with Crippen LogP contribution in [0.25, 0.3) is 22.6 Å². The number of rotatable bonds is 6. The Labute approximate surface area is 218 Å². The molecule has 0 aliphatic carbocycles. The number of benzene rings is 4. The maximum Gasteiger partial charge on any atom is 0.257 e. The number of aryl methyl sites for hydroxylation is 1. The van der Waals surface area contributed by atoms with E-state index in [4.69, 9.17) is 21.4 Å². The van der Waals surface area contributed by atoms with Crippen molar-refractivity contribution in [3.8, 4) is 23.0 Å². The van der Waals surface area contributed by atoms with Gasteiger partial charge < -0.3 is 19.6 Å². The molecule has 1 amide bonds. The van der Waals surface area contributed by atoms with Gasteiger partial charge in [-0.2, -0.15) is 0 Å². The molecule has 1 aromatic heterocycles. The minimum absolute atomic E-state index is 0.0364. The van der Waals surface area contributed by atoms with Gasteiger partial charge in [-0.05, 0) is 72.7 Å². The Kier molecular flexibility index (Phi) is 6.83. The summed E-state index contributed by atoms with van der Waals surface area (Å²) in [4.78, 5) is 17.2. The standard InChI is InChI=1S/C29H23N3O4S/c1-18-10-13-26-24(14-18)31-28(36-26)23-12-11-21(16-25(23)33)30-29(37)32-27(34)20-8-5-9-22(15-20)35-17-19-6-3-2-4-7-19/h2-16,33H,17H2,1H3,(H2,30,32,34,37). The van der Waals surface area contributed by atoms with Gasteiger partial charge in [-0.15, -0.1) is 0 Å². The van der Waals surface area contributed by atoms with Crippen molar-refractivity contribution in [3.05, 3.63) is 108 Å². The van der Waals surface area contributed by atoms with Crippen molar-refractivity contribution in [2.75, 3.05) is 5.32 Å². The van der Waals surface area contributed by atoms with Crippen LogP contribution in [-0.4, -0.2) is 21.1 Å². The minimum atomic E-state index is -0.384. The number of phenolic OH excluding ortho intramolecular Hbond substituents is 1. The first-order chi connectivity index (χ1) is 17.9. The second kappa shape index (κ2) is 10.5. The molecule has 37 heavy (non-hydrogen) atoms. The normalized spacial score (nSPS) is 10.7. The molecule has 0 aliphatic rings. The number of phenols is 1. The zero-order valence-corrected chi connectivity index (χ0v) is 20.7. The number of aromatic nitrogens is 1. The van der Waals surface area contributed by atoms with Crippen LogP contribution < -0.4 is 15.4 Å². The molecule has 184 valence electrons. The molecular weight excluding hydrogens is 486 g/mol. The van der Waals surface area contributed by atoms with Crippen LogP contribution in [0.2, 0.25) is 0 Å². The predicted octanol–water partition coefficient (Wildman–Crippen LogP) is 6.21. The van der Waals surface area contributed by atoms with Crippen LogP contribution in [0.4, 0.5) is 5.69 Å². The van der Waals surface area contributed by atoms with Gasteiger partial charge in [0.25, 0.3) is 5.91 Å². The molecule has 0 aliphatic heterocycles. The van der Waals surface area contributed by atoms with Gasteiger partial charge in [0.15, 0.2) is 10.7 Å². The van der Waals surface area contributed by atoms with Gasteiger partial charge in [-0.25, -0.2) is 4.98 Å². The maximum atomic E-state index is 12.7. The van der Waals surface area contributed by atoms with E-state index in [0.29, 0.717) is 40.6 Å². The number of amides is 1. The Morgan fingerprint density at radius 1 is 1.00 bits per heavy atom. The van der Waals surface area contributed by atoms with E-state index < -0.39 is 0 Å². The number of thiocarbonyl (C=S) groups is 1. The van der Waals surface area contributed by atoms with Gasteiger partial charge in [0, 0.05) is 17.3 Å². The highest BCUT2D eigenvalue weighted by Gasteiger charge is 2.14. The summed E-state index contributed by atoms with van der Waals surface area (Å²) in [6.07, 6.45) is 0. The number of carbonyl (C=O) groups excluding carboxylic acids is 1. The lowest BCUT2D eigenvalue weighted by Crippen LogP contribution is -2.34. The lowest BCUT2D eigenvalue weighted by Gasteiger charge is -2.12. The highest BCUT2D eigenvalue weighted by molar-refractivity contribution is 7.80. The average molecular weight is 510 g/mol. The molecule has 7 nitrogen and oxygen atoms in total. The lowest BCUT2D eigenvalue weighted by atomic mass is 10.2. The van der Waals surface area contributed by atoms with Gasteiger partial charge in [-0.1, -0.05) is 42.5 Å². The largest absolute Gasteiger partial charge is 0.507 e. The number of aromatic hydroxyl groups is 1. The maximum absolute atomic E-state index is 12.7. The van der Waals surface area contributed by atoms with Gasteiger partial charge in [-0.3, -0.25) is 10.1 Å². The Morgan fingerprint density at radius 3 is 2.65 bits per heavy atom. The van der Waals surface area contributed by atoms with E-state index >= 15 is 0 Å². The quantitative estimate of drug-likeness (QED) is 0.234. The van der Waals surface area contributed by atoms with E-state index in [1.807, 2.05) is 55.5 Å². The molecule has 0 spiro atoms. The second-order valence-electron chi connectivity index (χ2n) is 8.43. The number of nitrogens with zero attached hydrogens (tertiary/aromatic N) is 1. The third kappa shape index (κ3) is 5.76. The molecule has 0 radical (unpaired) electrons. The highest BCUT2D eigenvalue weighted by atomic mass is 32.1. The van der Waals surface area contributed by atoms with E-state index in [0.717, 1.165) is 16.6 Å². The monoisotopic (exact) mass is 509 g/mol. The van der Waals surface area contributed by atoms with E-state index in [9.17, 15) is 9.90 Å². The number of carbonyl (C=O) groups is 1. The third-order valence-electron chi connectivity index (χ3n) is 5.60. The molecule has 0 saturated carbocycles. The molecule has 0 atom stereocenters. The number of fused-ring (bicyclic) bond motifs is 1. The van der Waals surface area contributed by atoms with Crippen LogP contribution >= 0.6 is 12.2 Å². The summed E-state index contributed by atoms with van der Waals surface area (Å²) in [6, 6.07) is 27.2. The molecule has 3 N–H and O–H groups in total. The number of ether oxygens (including phenoxy) is 1. The van der Waals surface area contributed by atoms with Crippen LogP contribution in [0.1, 0.15) is 21.5 Å². The van der Waals surface area contributed by atoms with Crippen molar-refractivity contribution < 1.29 is 19.1 Å². The molecule has 5 rings (SSSR count). The van der Waals surface area contributed by atoms with E-state index in [2.05, 4.69) is 15.6 Å². The SMILES string of the molecule is Cc1ccc2oc(-c3ccc(NC(=S)NC(=O)c4cccc(OCc5ccccc5)c4)cc3O)nc2c1. The summed E-state index contributed by atoms with van der Waals surface area (Å²) in [5, 5.41) is 16.2. The Balaban J connectivity index is 1.21. The molecular formula is C29H23N3O4S. The lowest BCUT2D eigenvalue weighted by molar-refractivity contribution is 0.0977. The fourth-order valence-corrected chi connectivity index (χ4v) is 3.96. The predicted molar refractivity (Wildman–Crippen MR) is 147 cm³/mol. The number of hydrogen-bond acceptors (Lipinski definition) is 6. The van der Waals surface area contributed by atoms with Gasteiger partial charge in [0.2, 0.25) is 5.89 Å². The number of hydrogen-bond donors (Lipinski definition) is 3. The van der Waals surface area contributed by atoms with Crippen molar-refractivity contribution in [3.63, 3.8) is 0 Å². The van der Waals surface area contributed by atoms with Gasteiger partial charge in [0.05, 0.1) is 5.56 Å². The summed E-state index contributed by atoms with van der Waals surface area (Å²) in [6.45, 7) is 2.37. The minimum Gasteiger partial charge on any atom is -0.507 e. The van der Waals surface area contributed by atoms with Crippen molar-refractivity contribution in [2.45, 2.75) is 13.5 Å². The zero-order valence-electron chi connectivity index (χ0n) is 19.9. The first-order valence-electron chi connectivity index (χ1n) is 11.5. The summed E-state index contributed by atoms with van der Waals surface area (Å²) in [5.41, 5.74) is 4.80. The molecule has 0 bridgehead atoms. The molecule has 0 fully saturated rings. The summed E-state index contributed by atoms with van der Waals surface area (Å²) in [5.74, 6) is 0.469. The molecule has 0 saturated heterocycles. The average Bonchev–Trinajstić information content (AvgIpc) is 3.31. The first kappa shape index (κ1) is 24.0. The first-order valence-corrected chi connectivity index (χ1v) is 12.0. The molecule has 0 unspecified atom stereocenters. The van der Waals surface area contributed by atoms with Crippen molar-refractivity contribution >= 4 is 40.0 Å². The van der Waals surface area contributed by atoms with E-state index in [1.54, 1.807) is 36.4 Å². The Morgan fingerprint density at radius 2 is 1.84 bits per heavy atom. The number of anilines is 1. The van der Waals surface area contributed by atoms with Crippen LogP contribution in [-0.2, 0) is 6.61 Å². The molecule has 1 heterocycles. The van der Waals surface area contributed by atoms with Crippen molar-refractivity contribution in [1.29, 1.82) is 0 Å². The third-order valence-corrected chi connectivity index (χ3v) is 5.80. The summed E-state index contributed by atoms with van der Waals surface area (Å²) in [7, 11) is 0. The van der Waals surface area contributed by atoms with Crippen LogP contribution in [0.15, 0.2) is 95.4 Å². The summed E-state index contributed by atoms with van der Waals surface area (Å²) < 4.78 is 11.6. The summed E-state index contributed by atoms with van der Waals surface area (Å²) >= 11 is 5.30. The fraction of sp³-hybridized carbons (Fsp3) is 0.0690. The molecule has 5 aromatic rings. The van der Waals surface area contributed by atoms with E-state index in [-0.39, 0.29) is 16.8 Å². The van der Waals surface area contributed by atoms with Crippen LogP contribution in [0.5, 0.6) is 11.5 Å². The van der Waals surface area contributed by atoms with E-state index in [1.165, 1.54) is 6.07 Å². The van der Waals surface area contributed by atoms with Crippen molar-refractivity contribution in [2.24, 2.45) is 0 Å². The zero-order chi connectivity index (χ0) is 25.8. The fourth-order valence-electron chi connectivity index (χ4n) is 3.75. The molecule has 4 aromatic carbocycles. The van der Waals surface area contributed by atoms with Crippen LogP contribution in [0, 0.1) is 6.92 Å². The van der Waals surface area contributed by atoms with Gasteiger partial charge >= 0.3 is 0 Å². The Bertz CT molecular complexity index is 1600.